The number of aryl methyl sites for hydroxylation is 2. The fourth-order valence-electron chi connectivity index (χ4n) is 1.48. The van der Waals surface area contributed by atoms with Crippen LogP contribution in [0.1, 0.15) is 16.7 Å². The summed E-state index contributed by atoms with van der Waals surface area (Å²) in [6.07, 6.45) is 2.22. The first kappa shape index (κ1) is 8.91. The van der Waals surface area contributed by atoms with Crippen LogP contribution in [0.15, 0.2) is 18.2 Å². The van der Waals surface area contributed by atoms with Gasteiger partial charge in [-0.3, -0.25) is 0 Å². The van der Waals surface area contributed by atoms with Gasteiger partial charge in [-0.15, -0.1) is 11.4 Å². The number of benzene rings is 1. The summed E-state index contributed by atoms with van der Waals surface area (Å²) in [5.41, 5.74) is 3.41. The summed E-state index contributed by atoms with van der Waals surface area (Å²) in [6.45, 7) is 0. The molecule has 0 radical (unpaired) electrons. The molecule has 0 saturated carbocycles. The van der Waals surface area contributed by atoms with Gasteiger partial charge >= 0.3 is 0 Å². The van der Waals surface area contributed by atoms with Gasteiger partial charge in [-0.05, 0) is 30.0 Å². The number of hydrogen-bond donors (Lipinski definition) is 2. The summed E-state index contributed by atoms with van der Waals surface area (Å²) < 4.78 is 11.9. The fraction of sp³-hybridized carbons (Fsp3) is 0.300. The van der Waals surface area contributed by atoms with E-state index < -0.39 is 6.01 Å². The molecular weight excluding hydrogens is 187 g/mol. The molecule has 13 heavy (non-hydrogen) atoms. The molecule has 0 saturated heterocycles. The molecule has 0 aliphatic heterocycles. The molecule has 1 aliphatic rings. The van der Waals surface area contributed by atoms with Gasteiger partial charge in [0.2, 0.25) is 0 Å². The van der Waals surface area contributed by atoms with E-state index in [1.165, 1.54) is 11.1 Å². The number of aliphatic hydroxyl groups is 1. The number of halogens is 1. The minimum absolute atomic E-state index is 0.136. The predicted molar refractivity (Wildman–Crippen MR) is 55.5 cm³/mol. The Bertz CT molecular complexity index is 360. The summed E-state index contributed by atoms with van der Waals surface area (Å²) >= 11 is 0.359. The van der Waals surface area contributed by atoms with E-state index in [2.05, 4.69) is 0 Å². The molecule has 0 bridgehead atoms. The quantitative estimate of drug-likeness (QED) is 0.551. The van der Waals surface area contributed by atoms with Crippen LogP contribution < -0.4 is 0 Å². The van der Waals surface area contributed by atoms with E-state index >= 15 is 0 Å². The highest BCUT2D eigenvalue weighted by Gasteiger charge is 2.13. The first-order chi connectivity index (χ1) is 6.31. The highest BCUT2D eigenvalue weighted by Crippen LogP contribution is 2.24. The van der Waals surface area contributed by atoms with Crippen LogP contribution >= 0.6 is 11.4 Å². The van der Waals surface area contributed by atoms with Crippen molar-refractivity contribution in [2.75, 3.05) is 6.01 Å². The minimum atomic E-state index is -0.525. The van der Waals surface area contributed by atoms with Gasteiger partial charge in [0.1, 0.15) is 11.1 Å². The topological polar surface area (TPSA) is 20.2 Å². The van der Waals surface area contributed by atoms with Crippen LogP contribution in [0.2, 0.25) is 0 Å². The second kappa shape index (κ2) is 3.60. The van der Waals surface area contributed by atoms with Crippen molar-refractivity contribution in [3.63, 3.8) is 0 Å². The molecule has 1 N–H and O–H groups in total. The molecular formula is C10H11FOS. The third-order valence-corrected chi connectivity index (χ3v) is 3.01. The van der Waals surface area contributed by atoms with E-state index in [4.69, 9.17) is 0 Å². The lowest BCUT2D eigenvalue weighted by Crippen LogP contribution is -2.10. The Morgan fingerprint density at radius 1 is 1.38 bits per heavy atom. The molecule has 1 aromatic rings. The van der Waals surface area contributed by atoms with E-state index in [-0.39, 0.29) is 5.05 Å². The second-order valence-electron chi connectivity index (χ2n) is 3.08. The average molecular weight is 198 g/mol. The van der Waals surface area contributed by atoms with Gasteiger partial charge in [-0.25, -0.2) is 4.39 Å². The van der Waals surface area contributed by atoms with E-state index in [9.17, 15) is 9.50 Å². The lowest BCUT2D eigenvalue weighted by molar-refractivity contribution is 0.567. The highest BCUT2D eigenvalue weighted by molar-refractivity contribution is 7.98. The first-order valence-electron chi connectivity index (χ1n) is 4.23. The molecule has 1 aromatic carbocycles. The van der Waals surface area contributed by atoms with Crippen molar-refractivity contribution >= 4 is 16.4 Å². The smallest absolute Gasteiger partial charge is 0.130 e. The average Bonchev–Trinajstić information content (AvgIpc) is 2.07. The summed E-state index contributed by atoms with van der Waals surface area (Å²) in [5.74, 6) is 0. The number of aliphatic hydroxyl groups excluding tert-OH is 1. The molecule has 70 valence electrons. The Balaban J connectivity index is 2.31. The maximum atomic E-state index is 11.9. The van der Waals surface area contributed by atoms with Crippen molar-refractivity contribution < 1.29 is 9.50 Å². The zero-order chi connectivity index (χ0) is 9.26. The Kier molecular flexibility index (Phi) is 2.47. The largest absolute Gasteiger partial charge is 0.355 e. The third kappa shape index (κ3) is 1.67. The SMILES string of the molecule is OC(=[SH]CF)c1ccc2c(c1)CC2. The Morgan fingerprint density at radius 3 is 2.69 bits per heavy atom. The van der Waals surface area contributed by atoms with Crippen molar-refractivity contribution in [1.29, 1.82) is 0 Å². The van der Waals surface area contributed by atoms with Crippen molar-refractivity contribution in [3.8, 4) is 0 Å². The lowest BCUT2D eigenvalue weighted by atomic mass is 9.87. The molecule has 1 nitrogen and oxygen atoms in total. The highest BCUT2D eigenvalue weighted by atomic mass is 32.1. The van der Waals surface area contributed by atoms with Crippen LogP contribution in [-0.4, -0.2) is 16.2 Å². The van der Waals surface area contributed by atoms with Crippen molar-refractivity contribution in [2.24, 2.45) is 0 Å². The number of rotatable bonds is 2. The maximum absolute atomic E-state index is 11.9. The summed E-state index contributed by atoms with van der Waals surface area (Å²) in [5, 5.41) is 9.56. The van der Waals surface area contributed by atoms with Gasteiger partial charge in [0, 0.05) is 5.56 Å². The molecule has 3 heteroatoms. The van der Waals surface area contributed by atoms with E-state index in [0.29, 0.717) is 11.4 Å². The first-order valence-corrected chi connectivity index (χ1v) is 5.31. The number of fused-ring (bicyclic) bond motifs is 1. The van der Waals surface area contributed by atoms with E-state index in [1.807, 2.05) is 18.2 Å². The van der Waals surface area contributed by atoms with Gasteiger partial charge in [0.15, 0.2) is 0 Å². The molecule has 0 spiro atoms. The molecule has 0 aromatic heterocycles. The molecule has 0 unspecified atom stereocenters. The number of alkyl halides is 1. The van der Waals surface area contributed by atoms with Crippen LogP contribution in [0.3, 0.4) is 0 Å². The number of hydrogen-bond acceptors (Lipinski definition) is 0. The summed E-state index contributed by atoms with van der Waals surface area (Å²) in [7, 11) is 0. The van der Waals surface area contributed by atoms with Crippen molar-refractivity contribution in [3.05, 3.63) is 34.9 Å². The monoisotopic (exact) mass is 198 g/mol. The molecule has 0 amide bonds. The molecule has 0 atom stereocenters. The van der Waals surface area contributed by atoms with Crippen LogP contribution in [0.4, 0.5) is 4.39 Å². The molecule has 0 heterocycles. The summed E-state index contributed by atoms with van der Waals surface area (Å²) in [6, 6.07) is 5.30. The van der Waals surface area contributed by atoms with Gasteiger partial charge in [-0.2, -0.15) is 0 Å². The zero-order valence-electron chi connectivity index (χ0n) is 7.13. The van der Waals surface area contributed by atoms with Crippen molar-refractivity contribution in [1.82, 2.24) is 0 Å². The van der Waals surface area contributed by atoms with Crippen LogP contribution in [-0.2, 0) is 12.8 Å². The van der Waals surface area contributed by atoms with Crippen LogP contribution in [0.25, 0.3) is 0 Å². The molecule has 1 aliphatic carbocycles. The third-order valence-electron chi connectivity index (χ3n) is 2.34. The van der Waals surface area contributed by atoms with Crippen LogP contribution in [0, 0.1) is 0 Å². The maximum Gasteiger partial charge on any atom is 0.130 e. The fourth-order valence-corrected chi connectivity index (χ4v) is 1.92. The predicted octanol–water partition coefficient (Wildman–Crippen LogP) is 2.21. The minimum Gasteiger partial charge on any atom is -0.355 e. The Labute approximate surface area is 80.2 Å². The second-order valence-corrected chi connectivity index (χ2v) is 4.06. The van der Waals surface area contributed by atoms with Gasteiger partial charge < -0.3 is 5.11 Å². The standard InChI is InChI=1S/C10H11FOS/c11-6-13-10(12)9-4-2-7-1-3-8(7)5-9/h2,4-5,12-13H,1,3,6H2. The molecule has 0 fully saturated rings. The lowest BCUT2D eigenvalue weighted by Gasteiger charge is -2.19. The van der Waals surface area contributed by atoms with Crippen molar-refractivity contribution in [2.45, 2.75) is 12.8 Å². The Hall–Kier alpha value is -0.670. The van der Waals surface area contributed by atoms with Gasteiger partial charge in [0.05, 0.1) is 0 Å². The van der Waals surface area contributed by atoms with Gasteiger partial charge in [-0.1, -0.05) is 12.1 Å². The number of thiol groups is 1. The normalized spacial score (nSPS) is 15.7. The van der Waals surface area contributed by atoms with Gasteiger partial charge in [0.25, 0.3) is 0 Å². The molecule has 2 rings (SSSR count). The Morgan fingerprint density at radius 2 is 2.15 bits per heavy atom. The zero-order valence-corrected chi connectivity index (χ0v) is 8.02. The van der Waals surface area contributed by atoms with E-state index in [1.54, 1.807) is 0 Å². The van der Waals surface area contributed by atoms with E-state index in [0.717, 1.165) is 18.4 Å². The summed E-state index contributed by atoms with van der Waals surface area (Å²) in [4.78, 5) is 0. The van der Waals surface area contributed by atoms with Crippen LogP contribution in [0.5, 0.6) is 0 Å².